The second-order valence-electron chi connectivity index (χ2n) is 8.93. The first kappa shape index (κ1) is 20.9. The van der Waals surface area contributed by atoms with Crippen molar-refractivity contribution in [2.75, 3.05) is 32.7 Å². The highest BCUT2D eigenvalue weighted by Gasteiger charge is 2.24. The molecule has 5 nitrogen and oxygen atoms in total. The van der Waals surface area contributed by atoms with Gasteiger partial charge in [0.1, 0.15) is 5.56 Å². The summed E-state index contributed by atoms with van der Waals surface area (Å²) in [6, 6.07) is 11.5. The molecule has 0 spiro atoms. The van der Waals surface area contributed by atoms with Crippen LogP contribution in [0.2, 0.25) is 0 Å². The van der Waals surface area contributed by atoms with Crippen molar-refractivity contribution in [3.63, 3.8) is 0 Å². The summed E-state index contributed by atoms with van der Waals surface area (Å²) < 4.78 is 0. The molecule has 1 saturated heterocycles. The molecule has 30 heavy (non-hydrogen) atoms. The summed E-state index contributed by atoms with van der Waals surface area (Å²) in [5, 5.41) is 0. The van der Waals surface area contributed by atoms with Gasteiger partial charge >= 0.3 is 0 Å². The third-order valence-corrected chi connectivity index (χ3v) is 6.59. The zero-order chi connectivity index (χ0) is 20.9. The minimum absolute atomic E-state index is 0.147. The Hall–Kier alpha value is -2.40. The molecule has 2 aliphatic rings. The highest BCUT2D eigenvalue weighted by Crippen LogP contribution is 2.25. The number of aromatic nitrogens is 1. The highest BCUT2D eigenvalue weighted by molar-refractivity contribution is 5.94. The number of benzene rings is 1. The molecule has 1 aromatic carbocycles. The molecule has 1 saturated carbocycles. The Balaban J connectivity index is 1.41. The largest absolute Gasteiger partial charge is 0.337 e. The number of pyridine rings is 1. The lowest BCUT2D eigenvalue weighted by molar-refractivity contribution is 0.0758. The molecule has 2 aromatic rings. The van der Waals surface area contributed by atoms with Crippen molar-refractivity contribution >= 4 is 5.91 Å². The molecule has 4 rings (SSSR count). The molecule has 1 aliphatic carbocycles. The zero-order valence-electron chi connectivity index (χ0n) is 18.0. The maximum atomic E-state index is 13.1. The van der Waals surface area contributed by atoms with Crippen molar-refractivity contribution in [3.8, 4) is 11.3 Å². The van der Waals surface area contributed by atoms with Crippen LogP contribution in [0.3, 0.4) is 0 Å². The van der Waals surface area contributed by atoms with Gasteiger partial charge in [-0.2, -0.15) is 0 Å². The Kier molecular flexibility index (Phi) is 6.68. The fraction of sp³-hybridized carbons (Fsp3) is 0.520. The van der Waals surface area contributed by atoms with Gasteiger partial charge in [0, 0.05) is 31.9 Å². The van der Waals surface area contributed by atoms with Crippen molar-refractivity contribution in [1.29, 1.82) is 0 Å². The number of H-pyrrole nitrogens is 1. The van der Waals surface area contributed by atoms with Crippen LogP contribution in [-0.2, 0) is 0 Å². The average Bonchev–Trinajstić information content (AvgIpc) is 2.99. The van der Waals surface area contributed by atoms with Crippen molar-refractivity contribution in [3.05, 3.63) is 57.9 Å². The van der Waals surface area contributed by atoms with E-state index in [1.807, 2.05) is 42.2 Å². The quantitative estimate of drug-likeness (QED) is 0.831. The molecule has 1 amide bonds. The summed E-state index contributed by atoms with van der Waals surface area (Å²) in [6.45, 7) is 6.55. The van der Waals surface area contributed by atoms with Gasteiger partial charge < -0.3 is 14.8 Å². The molecule has 0 radical (unpaired) electrons. The van der Waals surface area contributed by atoms with Gasteiger partial charge in [-0.05, 0) is 62.4 Å². The van der Waals surface area contributed by atoms with Crippen molar-refractivity contribution < 1.29 is 4.79 Å². The minimum atomic E-state index is -0.303. The molecular weight excluding hydrogens is 374 g/mol. The van der Waals surface area contributed by atoms with Crippen molar-refractivity contribution in [2.24, 2.45) is 5.92 Å². The van der Waals surface area contributed by atoms with Crippen LogP contribution in [0.25, 0.3) is 11.3 Å². The monoisotopic (exact) mass is 407 g/mol. The normalized spacial score (nSPS) is 18.9. The summed E-state index contributed by atoms with van der Waals surface area (Å²) >= 11 is 0. The molecule has 1 aromatic heterocycles. The van der Waals surface area contributed by atoms with Gasteiger partial charge in [-0.1, -0.05) is 43.0 Å². The molecule has 2 heterocycles. The van der Waals surface area contributed by atoms with Gasteiger partial charge in [0.15, 0.2) is 0 Å². The van der Waals surface area contributed by atoms with Crippen LogP contribution in [-0.4, -0.2) is 53.4 Å². The predicted molar refractivity (Wildman–Crippen MR) is 121 cm³/mol. The molecular formula is C25H33N3O2. The minimum Gasteiger partial charge on any atom is -0.337 e. The maximum Gasteiger partial charge on any atom is 0.261 e. The molecule has 2 fully saturated rings. The fourth-order valence-electron chi connectivity index (χ4n) is 4.88. The van der Waals surface area contributed by atoms with Crippen LogP contribution in [0.5, 0.6) is 0 Å². The fourth-order valence-corrected chi connectivity index (χ4v) is 4.88. The zero-order valence-corrected chi connectivity index (χ0v) is 18.0. The second kappa shape index (κ2) is 9.61. The number of nitrogens with zero attached hydrogens (tertiary/aromatic N) is 2. The number of carbonyl (C=O) groups excluding carboxylic acids is 1. The molecule has 5 heteroatoms. The van der Waals surface area contributed by atoms with Crippen LogP contribution >= 0.6 is 0 Å². The van der Waals surface area contributed by atoms with E-state index >= 15 is 0 Å². The highest BCUT2D eigenvalue weighted by atomic mass is 16.2. The predicted octanol–water partition coefficient (Wildman–Crippen LogP) is 4.08. The van der Waals surface area contributed by atoms with Gasteiger partial charge in [-0.3, -0.25) is 9.59 Å². The van der Waals surface area contributed by atoms with E-state index in [2.05, 4.69) is 9.88 Å². The van der Waals surface area contributed by atoms with Gasteiger partial charge in [0.2, 0.25) is 0 Å². The number of aromatic amines is 1. The maximum absolute atomic E-state index is 13.1. The lowest BCUT2D eigenvalue weighted by atomic mass is 9.89. The molecule has 1 aliphatic heterocycles. The standard InChI is InChI=1S/C25H33N3O2/c1-19-7-5-10-21(17-19)23-12-11-22(24(29)26-23)25(30)28-14-6-13-27(15-16-28)18-20-8-3-2-4-9-20/h5,7,10-12,17,20H,2-4,6,8-9,13-16,18H2,1H3,(H,26,29). The Bertz CT molecular complexity index is 930. The van der Waals surface area contributed by atoms with E-state index in [4.69, 9.17) is 0 Å². The average molecular weight is 408 g/mol. The van der Waals surface area contributed by atoms with Crippen LogP contribution in [0.1, 0.15) is 54.4 Å². The smallest absolute Gasteiger partial charge is 0.261 e. The van der Waals surface area contributed by atoms with Crippen LogP contribution in [0, 0.1) is 12.8 Å². The molecule has 1 N–H and O–H groups in total. The van der Waals surface area contributed by atoms with E-state index < -0.39 is 0 Å². The Morgan fingerprint density at radius 3 is 2.60 bits per heavy atom. The summed E-state index contributed by atoms with van der Waals surface area (Å²) in [5.41, 5.74) is 2.78. The molecule has 0 bridgehead atoms. The van der Waals surface area contributed by atoms with Crippen LogP contribution < -0.4 is 5.56 Å². The van der Waals surface area contributed by atoms with E-state index in [-0.39, 0.29) is 17.0 Å². The van der Waals surface area contributed by atoms with Crippen LogP contribution in [0.4, 0.5) is 0 Å². The second-order valence-corrected chi connectivity index (χ2v) is 8.93. The van der Waals surface area contributed by atoms with E-state index in [1.165, 1.54) is 32.1 Å². The van der Waals surface area contributed by atoms with Gasteiger partial charge in [0.05, 0.1) is 0 Å². The third-order valence-electron chi connectivity index (χ3n) is 6.59. The molecule has 160 valence electrons. The number of hydrogen-bond acceptors (Lipinski definition) is 3. The van der Waals surface area contributed by atoms with Gasteiger partial charge in [-0.15, -0.1) is 0 Å². The SMILES string of the molecule is Cc1cccc(-c2ccc(C(=O)N3CCCN(CC4CCCCC4)CC3)c(=O)[nH]2)c1. The Morgan fingerprint density at radius 1 is 1.00 bits per heavy atom. The molecule has 0 unspecified atom stereocenters. The number of nitrogens with one attached hydrogen (secondary N) is 1. The topological polar surface area (TPSA) is 56.4 Å². The first-order valence-corrected chi connectivity index (χ1v) is 11.4. The summed E-state index contributed by atoms with van der Waals surface area (Å²) in [4.78, 5) is 33.0. The first-order chi connectivity index (χ1) is 14.6. The number of amides is 1. The molecule has 0 atom stereocenters. The van der Waals surface area contributed by atoms with Gasteiger partial charge in [0.25, 0.3) is 11.5 Å². The van der Waals surface area contributed by atoms with E-state index in [9.17, 15) is 9.59 Å². The van der Waals surface area contributed by atoms with E-state index in [1.54, 1.807) is 6.07 Å². The lowest BCUT2D eigenvalue weighted by Crippen LogP contribution is -2.38. The summed E-state index contributed by atoms with van der Waals surface area (Å²) in [7, 11) is 0. The number of carbonyl (C=O) groups is 1. The van der Waals surface area contributed by atoms with E-state index in [0.717, 1.165) is 55.3 Å². The summed E-state index contributed by atoms with van der Waals surface area (Å²) in [6.07, 6.45) is 7.78. The Labute approximate surface area is 179 Å². The summed E-state index contributed by atoms with van der Waals surface area (Å²) in [5.74, 6) is 0.671. The lowest BCUT2D eigenvalue weighted by Gasteiger charge is -2.28. The first-order valence-electron chi connectivity index (χ1n) is 11.4. The van der Waals surface area contributed by atoms with Gasteiger partial charge in [-0.25, -0.2) is 0 Å². The van der Waals surface area contributed by atoms with Crippen molar-refractivity contribution in [1.82, 2.24) is 14.8 Å². The number of aryl methyl sites for hydroxylation is 1. The van der Waals surface area contributed by atoms with Crippen LogP contribution in [0.15, 0.2) is 41.2 Å². The number of rotatable bonds is 4. The van der Waals surface area contributed by atoms with Crippen molar-refractivity contribution in [2.45, 2.75) is 45.4 Å². The van der Waals surface area contributed by atoms with E-state index in [0.29, 0.717) is 6.54 Å². The Morgan fingerprint density at radius 2 is 1.83 bits per heavy atom. The number of hydrogen-bond donors (Lipinski definition) is 1. The third kappa shape index (κ3) is 5.01.